The molecule has 6 nitrogen and oxygen atoms in total. The molecule has 2 heterocycles. The monoisotopic (exact) mass is 351 g/mol. The number of methoxy groups -OCH3 is 1. The Hall–Kier alpha value is -2.89. The molecule has 26 heavy (non-hydrogen) atoms. The first-order chi connectivity index (χ1) is 12.7. The summed E-state index contributed by atoms with van der Waals surface area (Å²) in [5, 5.41) is 0. The predicted octanol–water partition coefficient (Wildman–Crippen LogP) is 3.41. The van der Waals surface area contributed by atoms with Crippen molar-refractivity contribution in [2.45, 2.75) is 38.0 Å². The van der Waals surface area contributed by atoms with Crippen molar-refractivity contribution in [2.24, 2.45) is 0 Å². The van der Waals surface area contributed by atoms with Crippen molar-refractivity contribution < 1.29 is 9.53 Å². The third-order valence-corrected chi connectivity index (χ3v) is 5.12. The molecule has 1 aliphatic rings. The van der Waals surface area contributed by atoms with E-state index in [0.717, 1.165) is 35.3 Å². The molecule has 4 rings (SSSR count). The van der Waals surface area contributed by atoms with Crippen LogP contribution in [-0.2, 0) is 9.53 Å². The summed E-state index contributed by atoms with van der Waals surface area (Å²) >= 11 is 0. The normalized spacial score (nSPS) is 15.9. The molecular formula is C20H21N3O3. The van der Waals surface area contributed by atoms with Gasteiger partial charge in [-0.2, -0.15) is 0 Å². The van der Waals surface area contributed by atoms with Crippen molar-refractivity contribution in [3.8, 4) is 0 Å². The Morgan fingerprint density at radius 3 is 2.85 bits per heavy atom. The molecule has 0 aliphatic heterocycles. The number of hydrogen-bond donors (Lipinski definition) is 1. The van der Waals surface area contributed by atoms with Crippen LogP contribution >= 0.6 is 0 Å². The van der Waals surface area contributed by atoms with Gasteiger partial charge >= 0.3 is 5.97 Å². The second-order valence-electron chi connectivity index (χ2n) is 6.76. The summed E-state index contributed by atoms with van der Waals surface area (Å²) in [5.41, 5.74) is 2.94. The van der Waals surface area contributed by atoms with E-state index in [-0.39, 0.29) is 5.56 Å². The minimum absolute atomic E-state index is 0.134. The quantitative estimate of drug-likeness (QED) is 0.579. The van der Waals surface area contributed by atoms with Gasteiger partial charge in [0.2, 0.25) is 0 Å². The number of hydrogen-bond acceptors (Lipinski definition) is 4. The van der Waals surface area contributed by atoms with Crippen LogP contribution in [-0.4, -0.2) is 27.4 Å². The number of aromatic amines is 1. The molecule has 1 N–H and O–H groups in total. The van der Waals surface area contributed by atoms with Gasteiger partial charge in [0.15, 0.2) is 0 Å². The van der Waals surface area contributed by atoms with Crippen LogP contribution < -0.4 is 5.56 Å². The zero-order chi connectivity index (χ0) is 18.1. The van der Waals surface area contributed by atoms with Gasteiger partial charge in [-0.15, -0.1) is 0 Å². The van der Waals surface area contributed by atoms with Crippen LogP contribution in [0, 0.1) is 0 Å². The van der Waals surface area contributed by atoms with Gasteiger partial charge in [0.05, 0.1) is 24.3 Å². The highest BCUT2D eigenvalue weighted by atomic mass is 16.5. The molecule has 1 aromatic carbocycles. The molecule has 1 saturated carbocycles. The minimum Gasteiger partial charge on any atom is -0.466 e. The van der Waals surface area contributed by atoms with Crippen LogP contribution in [0.4, 0.5) is 0 Å². The summed E-state index contributed by atoms with van der Waals surface area (Å²) in [6.45, 7) is 0. The lowest BCUT2D eigenvalue weighted by Crippen LogP contribution is -2.14. The van der Waals surface area contributed by atoms with Crippen LogP contribution in [0.15, 0.2) is 35.3 Å². The molecule has 0 unspecified atom stereocenters. The van der Waals surface area contributed by atoms with Gasteiger partial charge in [-0.1, -0.05) is 25.3 Å². The van der Waals surface area contributed by atoms with E-state index in [9.17, 15) is 9.59 Å². The summed E-state index contributed by atoms with van der Waals surface area (Å²) in [6, 6.07) is 5.68. The van der Waals surface area contributed by atoms with Crippen molar-refractivity contribution in [3.05, 3.63) is 52.2 Å². The van der Waals surface area contributed by atoms with Crippen LogP contribution in [0.25, 0.3) is 22.6 Å². The third-order valence-electron chi connectivity index (χ3n) is 5.12. The Kier molecular flexibility index (Phi) is 4.32. The van der Waals surface area contributed by atoms with Crippen molar-refractivity contribution in [2.75, 3.05) is 7.11 Å². The highest BCUT2D eigenvalue weighted by molar-refractivity contribution is 5.88. The number of fused-ring (bicyclic) bond motifs is 3. The van der Waals surface area contributed by atoms with E-state index in [4.69, 9.17) is 0 Å². The van der Waals surface area contributed by atoms with Crippen molar-refractivity contribution in [3.63, 3.8) is 0 Å². The van der Waals surface area contributed by atoms with Crippen LogP contribution in [0.3, 0.4) is 0 Å². The summed E-state index contributed by atoms with van der Waals surface area (Å²) in [7, 11) is 1.35. The van der Waals surface area contributed by atoms with Gasteiger partial charge in [0.25, 0.3) is 5.56 Å². The van der Waals surface area contributed by atoms with Crippen LogP contribution in [0.5, 0.6) is 0 Å². The number of nitrogens with zero attached hydrogens (tertiary/aromatic N) is 2. The first-order valence-corrected chi connectivity index (χ1v) is 8.97. The first kappa shape index (κ1) is 16.6. The van der Waals surface area contributed by atoms with Gasteiger partial charge in [0.1, 0.15) is 11.3 Å². The molecule has 0 saturated heterocycles. The van der Waals surface area contributed by atoms with Crippen molar-refractivity contribution in [1.82, 2.24) is 14.4 Å². The fourth-order valence-corrected chi connectivity index (χ4v) is 3.79. The third kappa shape index (κ3) is 2.92. The number of carbonyl (C=O) groups excluding carboxylic acids is 1. The summed E-state index contributed by atoms with van der Waals surface area (Å²) < 4.78 is 6.63. The second-order valence-corrected chi connectivity index (χ2v) is 6.76. The molecule has 0 radical (unpaired) electrons. The van der Waals surface area contributed by atoms with Crippen LogP contribution in [0.2, 0.25) is 0 Å². The molecule has 2 aromatic heterocycles. The number of benzene rings is 1. The Bertz CT molecular complexity index is 1060. The number of imidazole rings is 1. The standard InChI is InChI=1S/C20H21N3O3/c1-26-18(24)10-8-13-7-9-15-16(11-13)23-17(20(25)22-15)12-21-19(23)14-5-3-2-4-6-14/h7-12,14H,2-6H2,1H3,(H,22,25)/b10-8+. The fraction of sp³-hybridized carbons (Fsp3) is 0.350. The average molecular weight is 351 g/mol. The highest BCUT2D eigenvalue weighted by Crippen LogP contribution is 2.33. The maximum atomic E-state index is 12.4. The van der Waals surface area contributed by atoms with E-state index in [1.807, 2.05) is 22.6 Å². The highest BCUT2D eigenvalue weighted by Gasteiger charge is 2.21. The number of esters is 1. The van der Waals surface area contributed by atoms with Gasteiger partial charge in [-0.05, 0) is 36.6 Å². The molecule has 0 bridgehead atoms. The van der Waals surface area contributed by atoms with Gasteiger partial charge in [0, 0.05) is 12.0 Å². The van der Waals surface area contributed by atoms with Gasteiger partial charge < -0.3 is 9.72 Å². The predicted molar refractivity (Wildman–Crippen MR) is 100 cm³/mol. The smallest absolute Gasteiger partial charge is 0.330 e. The fourth-order valence-electron chi connectivity index (χ4n) is 3.79. The molecule has 1 aliphatic carbocycles. The minimum atomic E-state index is -0.401. The van der Waals surface area contributed by atoms with Gasteiger partial charge in [-0.25, -0.2) is 9.78 Å². The molecule has 0 atom stereocenters. The number of rotatable bonds is 3. The lowest BCUT2D eigenvalue weighted by atomic mass is 9.89. The summed E-state index contributed by atoms with van der Waals surface area (Å²) in [5.74, 6) is 0.942. The number of carbonyl (C=O) groups is 1. The maximum Gasteiger partial charge on any atom is 0.330 e. The second kappa shape index (κ2) is 6.78. The number of ether oxygens (including phenoxy) is 1. The summed E-state index contributed by atoms with van der Waals surface area (Å²) in [4.78, 5) is 31.3. The zero-order valence-electron chi connectivity index (χ0n) is 14.7. The summed E-state index contributed by atoms with van der Waals surface area (Å²) in [6.07, 6.45) is 10.6. The van der Waals surface area contributed by atoms with E-state index >= 15 is 0 Å². The Morgan fingerprint density at radius 1 is 1.27 bits per heavy atom. The SMILES string of the molecule is COC(=O)/C=C/c1ccc2[nH]c(=O)c3cnc(C4CCCCC4)n3c2c1. The molecule has 6 heteroatoms. The average Bonchev–Trinajstić information content (AvgIpc) is 3.13. The number of H-pyrrole nitrogens is 1. The van der Waals surface area contributed by atoms with E-state index in [1.165, 1.54) is 32.4 Å². The molecule has 1 fully saturated rings. The molecule has 3 aromatic rings. The maximum absolute atomic E-state index is 12.4. The molecule has 0 spiro atoms. The lowest BCUT2D eigenvalue weighted by molar-refractivity contribution is -0.134. The van der Waals surface area contributed by atoms with E-state index in [1.54, 1.807) is 12.3 Å². The zero-order valence-corrected chi connectivity index (χ0v) is 14.7. The van der Waals surface area contributed by atoms with E-state index in [0.29, 0.717) is 11.4 Å². The Labute approximate surface area is 150 Å². The van der Waals surface area contributed by atoms with Crippen molar-refractivity contribution >= 4 is 28.6 Å². The Morgan fingerprint density at radius 2 is 2.08 bits per heavy atom. The van der Waals surface area contributed by atoms with Crippen molar-refractivity contribution in [1.29, 1.82) is 0 Å². The number of nitrogens with one attached hydrogen (secondary N) is 1. The first-order valence-electron chi connectivity index (χ1n) is 8.97. The topological polar surface area (TPSA) is 76.5 Å². The largest absolute Gasteiger partial charge is 0.466 e. The molecule has 134 valence electrons. The van der Waals surface area contributed by atoms with E-state index < -0.39 is 5.97 Å². The van der Waals surface area contributed by atoms with Gasteiger partial charge in [-0.3, -0.25) is 9.20 Å². The molecule has 0 amide bonds. The molecular weight excluding hydrogens is 330 g/mol. The Balaban J connectivity index is 1.90. The lowest BCUT2D eigenvalue weighted by Gasteiger charge is -2.21. The van der Waals surface area contributed by atoms with E-state index in [2.05, 4.69) is 14.7 Å². The number of aromatic nitrogens is 3. The van der Waals surface area contributed by atoms with Crippen LogP contribution in [0.1, 0.15) is 49.4 Å².